The predicted molar refractivity (Wildman–Crippen MR) is 73.8 cm³/mol. The van der Waals surface area contributed by atoms with E-state index >= 15 is 0 Å². The molecule has 0 radical (unpaired) electrons. The lowest BCUT2D eigenvalue weighted by Crippen LogP contribution is -2.35. The van der Waals surface area contributed by atoms with Gasteiger partial charge in [-0.15, -0.1) is 6.58 Å². The second-order valence-electron chi connectivity index (χ2n) is 3.92. The summed E-state index contributed by atoms with van der Waals surface area (Å²) in [5.74, 6) is -0.800. The van der Waals surface area contributed by atoms with Crippen molar-refractivity contribution in [1.29, 1.82) is 0 Å². The first-order valence-electron chi connectivity index (χ1n) is 5.76. The van der Waals surface area contributed by atoms with E-state index in [4.69, 9.17) is 16.7 Å². The lowest BCUT2D eigenvalue weighted by molar-refractivity contribution is -0.117. The molecule has 0 aliphatic carbocycles. The Morgan fingerprint density at radius 2 is 2.32 bits per heavy atom. The molecule has 0 fully saturated rings. The molecular formula is C13H16ClFN2O2. The van der Waals surface area contributed by atoms with E-state index < -0.39 is 5.82 Å². The molecule has 19 heavy (non-hydrogen) atoms. The Morgan fingerprint density at radius 1 is 1.58 bits per heavy atom. The number of carbonyl (C=O) groups excluding carboxylic acids is 1. The maximum atomic E-state index is 13.0. The number of hydrogen-bond donors (Lipinski definition) is 2. The van der Waals surface area contributed by atoms with Crippen LogP contribution >= 0.6 is 11.6 Å². The second-order valence-corrected chi connectivity index (χ2v) is 4.33. The van der Waals surface area contributed by atoms with Crippen molar-refractivity contribution in [3.05, 3.63) is 41.7 Å². The molecular weight excluding hydrogens is 271 g/mol. The number of halogens is 2. The van der Waals surface area contributed by atoms with E-state index in [2.05, 4.69) is 11.9 Å². The van der Waals surface area contributed by atoms with Crippen LogP contribution in [0.3, 0.4) is 0 Å². The predicted octanol–water partition coefficient (Wildman–Crippen LogP) is 1.90. The quantitative estimate of drug-likeness (QED) is 0.753. The van der Waals surface area contributed by atoms with Gasteiger partial charge in [0.2, 0.25) is 5.91 Å². The monoisotopic (exact) mass is 286 g/mol. The van der Waals surface area contributed by atoms with Crippen LogP contribution in [0.4, 0.5) is 10.1 Å². The lowest BCUT2D eigenvalue weighted by atomic mass is 10.3. The molecule has 0 atom stereocenters. The van der Waals surface area contributed by atoms with Gasteiger partial charge >= 0.3 is 0 Å². The lowest BCUT2D eigenvalue weighted by Gasteiger charge is -2.18. The minimum absolute atomic E-state index is 0.0382. The molecule has 1 aromatic rings. The maximum absolute atomic E-state index is 13.0. The van der Waals surface area contributed by atoms with Crippen molar-refractivity contribution in [2.75, 3.05) is 31.6 Å². The molecule has 2 N–H and O–H groups in total. The Hall–Kier alpha value is -1.43. The fraction of sp³-hybridized carbons (Fsp3) is 0.308. The van der Waals surface area contributed by atoms with Gasteiger partial charge in [-0.05, 0) is 18.2 Å². The van der Waals surface area contributed by atoms with Gasteiger partial charge in [-0.25, -0.2) is 4.39 Å². The normalized spacial score (nSPS) is 10.5. The summed E-state index contributed by atoms with van der Waals surface area (Å²) in [5, 5.41) is 11.4. The molecule has 0 saturated carbocycles. The number of rotatable bonds is 7. The molecule has 0 aromatic heterocycles. The number of benzene rings is 1. The molecule has 0 bridgehead atoms. The highest BCUT2D eigenvalue weighted by Crippen LogP contribution is 2.19. The van der Waals surface area contributed by atoms with Crippen LogP contribution in [0.15, 0.2) is 30.9 Å². The second kappa shape index (κ2) is 7.89. The van der Waals surface area contributed by atoms with Crippen molar-refractivity contribution in [3.8, 4) is 0 Å². The Kier molecular flexibility index (Phi) is 6.49. The summed E-state index contributed by atoms with van der Waals surface area (Å²) in [6, 6.07) is 3.97. The van der Waals surface area contributed by atoms with Gasteiger partial charge in [0.25, 0.3) is 0 Å². The van der Waals surface area contributed by atoms with Crippen molar-refractivity contribution in [1.82, 2.24) is 4.90 Å². The van der Waals surface area contributed by atoms with E-state index in [1.54, 1.807) is 11.0 Å². The van der Waals surface area contributed by atoms with Crippen LogP contribution in [0.2, 0.25) is 5.02 Å². The molecule has 0 aliphatic rings. The first kappa shape index (κ1) is 15.6. The average molecular weight is 287 g/mol. The standard InChI is InChI=1S/C13H16ClFN2O2/c1-2-5-17(6-7-18)9-13(19)16-10-3-4-12(15)11(14)8-10/h2-4,8,18H,1,5-7,9H2,(H,16,19). The molecule has 0 spiro atoms. The van der Waals surface area contributed by atoms with Crippen LogP contribution in [0.25, 0.3) is 0 Å². The third kappa shape index (κ3) is 5.38. The van der Waals surface area contributed by atoms with Crippen molar-refractivity contribution in [2.24, 2.45) is 0 Å². The van der Waals surface area contributed by atoms with E-state index in [1.807, 2.05) is 0 Å². The zero-order valence-electron chi connectivity index (χ0n) is 10.4. The number of anilines is 1. The number of nitrogens with one attached hydrogen (secondary N) is 1. The third-order valence-corrected chi connectivity index (χ3v) is 2.66. The van der Waals surface area contributed by atoms with Crippen LogP contribution in [0, 0.1) is 5.82 Å². The highest BCUT2D eigenvalue weighted by Gasteiger charge is 2.10. The molecule has 4 nitrogen and oxygen atoms in total. The third-order valence-electron chi connectivity index (χ3n) is 2.37. The molecule has 104 valence electrons. The van der Waals surface area contributed by atoms with Gasteiger partial charge in [0.05, 0.1) is 18.2 Å². The van der Waals surface area contributed by atoms with Gasteiger partial charge in [0.15, 0.2) is 0 Å². The van der Waals surface area contributed by atoms with Crippen LogP contribution in [-0.4, -0.2) is 42.2 Å². The van der Waals surface area contributed by atoms with E-state index in [0.29, 0.717) is 18.8 Å². The first-order chi connectivity index (χ1) is 9.06. The van der Waals surface area contributed by atoms with Crippen molar-refractivity contribution >= 4 is 23.2 Å². The minimum atomic E-state index is -0.534. The fourth-order valence-corrected chi connectivity index (χ4v) is 1.72. The molecule has 6 heteroatoms. The molecule has 1 amide bonds. The molecule has 1 rings (SSSR count). The minimum Gasteiger partial charge on any atom is -0.395 e. The number of amides is 1. The molecule has 0 heterocycles. The average Bonchev–Trinajstić information content (AvgIpc) is 2.34. The Morgan fingerprint density at radius 3 is 2.89 bits per heavy atom. The van der Waals surface area contributed by atoms with E-state index in [0.717, 1.165) is 0 Å². The van der Waals surface area contributed by atoms with E-state index in [1.165, 1.54) is 18.2 Å². The topological polar surface area (TPSA) is 52.6 Å². The van der Waals surface area contributed by atoms with E-state index in [9.17, 15) is 9.18 Å². The van der Waals surface area contributed by atoms with Crippen LogP contribution in [0.5, 0.6) is 0 Å². The Labute approximate surface area is 116 Å². The number of aliphatic hydroxyl groups is 1. The smallest absolute Gasteiger partial charge is 0.238 e. The maximum Gasteiger partial charge on any atom is 0.238 e. The van der Waals surface area contributed by atoms with Crippen LogP contribution in [0.1, 0.15) is 0 Å². The van der Waals surface area contributed by atoms with Crippen molar-refractivity contribution in [2.45, 2.75) is 0 Å². The summed E-state index contributed by atoms with van der Waals surface area (Å²) in [4.78, 5) is 13.5. The number of carbonyl (C=O) groups is 1. The van der Waals surface area contributed by atoms with Gasteiger partial charge < -0.3 is 10.4 Å². The van der Waals surface area contributed by atoms with Gasteiger partial charge in [0.1, 0.15) is 5.82 Å². The molecule has 0 saturated heterocycles. The summed E-state index contributed by atoms with van der Waals surface area (Å²) in [6.45, 7) is 4.53. The van der Waals surface area contributed by atoms with Crippen LogP contribution < -0.4 is 5.32 Å². The molecule has 1 aromatic carbocycles. The Bertz CT molecular complexity index is 454. The van der Waals surface area contributed by atoms with E-state index in [-0.39, 0.29) is 24.1 Å². The van der Waals surface area contributed by atoms with Crippen molar-refractivity contribution < 1.29 is 14.3 Å². The summed E-state index contributed by atoms with van der Waals surface area (Å²) < 4.78 is 13.0. The fourth-order valence-electron chi connectivity index (χ4n) is 1.54. The van der Waals surface area contributed by atoms with Gasteiger partial charge in [-0.3, -0.25) is 9.69 Å². The number of hydrogen-bond acceptors (Lipinski definition) is 3. The molecule has 0 unspecified atom stereocenters. The summed E-state index contributed by atoms with van der Waals surface area (Å²) >= 11 is 5.62. The zero-order chi connectivity index (χ0) is 14.3. The van der Waals surface area contributed by atoms with Crippen molar-refractivity contribution in [3.63, 3.8) is 0 Å². The molecule has 0 aliphatic heterocycles. The largest absolute Gasteiger partial charge is 0.395 e. The van der Waals surface area contributed by atoms with Gasteiger partial charge in [-0.2, -0.15) is 0 Å². The van der Waals surface area contributed by atoms with Crippen LogP contribution in [-0.2, 0) is 4.79 Å². The highest BCUT2D eigenvalue weighted by molar-refractivity contribution is 6.31. The highest BCUT2D eigenvalue weighted by atomic mass is 35.5. The Balaban J connectivity index is 2.57. The summed E-state index contributed by atoms with van der Waals surface area (Å²) in [7, 11) is 0. The summed E-state index contributed by atoms with van der Waals surface area (Å²) in [6.07, 6.45) is 1.65. The van der Waals surface area contributed by atoms with Gasteiger partial charge in [0, 0.05) is 18.8 Å². The number of aliphatic hydroxyl groups excluding tert-OH is 1. The zero-order valence-corrected chi connectivity index (χ0v) is 11.2. The van der Waals surface area contributed by atoms with Gasteiger partial charge in [-0.1, -0.05) is 17.7 Å². The summed E-state index contributed by atoms with van der Waals surface area (Å²) in [5.41, 5.74) is 0.430. The first-order valence-corrected chi connectivity index (χ1v) is 6.13. The number of nitrogens with zero attached hydrogens (tertiary/aromatic N) is 1. The SMILES string of the molecule is C=CCN(CCO)CC(=O)Nc1ccc(F)c(Cl)c1.